The van der Waals surface area contributed by atoms with Crippen LogP contribution in [0.15, 0.2) is 53.4 Å². The number of methoxy groups -OCH3 is 1. The molecule has 1 N–H and O–H groups in total. The predicted octanol–water partition coefficient (Wildman–Crippen LogP) is 3.61. The first-order chi connectivity index (χ1) is 13.1. The van der Waals surface area contributed by atoms with Crippen LogP contribution in [0.2, 0.25) is 5.02 Å². The van der Waals surface area contributed by atoms with Gasteiger partial charge in [-0.25, -0.2) is 0 Å². The van der Waals surface area contributed by atoms with Gasteiger partial charge in [-0.15, -0.1) is 11.8 Å². The standard InChI is InChI=1S/C20H21ClN2O3S/c1-26-17-6-4-16(5-7-17)23-13-14(12-19(23)24)20(25)22-10-11-27-18-8-2-15(21)3-9-18/h2-9,14H,10-13H2,1H3,(H,22,25). The van der Waals surface area contributed by atoms with Crippen LogP contribution in [0.1, 0.15) is 6.42 Å². The predicted molar refractivity (Wildman–Crippen MR) is 109 cm³/mol. The molecule has 0 aliphatic carbocycles. The summed E-state index contributed by atoms with van der Waals surface area (Å²) in [7, 11) is 1.60. The molecule has 27 heavy (non-hydrogen) atoms. The summed E-state index contributed by atoms with van der Waals surface area (Å²) >= 11 is 7.52. The summed E-state index contributed by atoms with van der Waals surface area (Å²) in [5.41, 5.74) is 0.786. The van der Waals surface area contributed by atoms with Crippen molar-refractivity contribution in [2.75, 3.05) is 30.9 Å². The summed E-state index contributed by atoms with van der Waals surface area (Å²) in [6.45, 7) is 0.959. The number of nitrogens with zero attached hydrogens (tertiary/aromatic N) is 1. The van der Waals surface area contributed by atoms with Gasteiger partial charge in [0.05, 0.1) is 13.0 Å². The summed E-state index contributed by atoms with van der Waals surface area (Å²) in [5.74, 6) is 1.07. The molecule has 0 aromatic heterocycles. The van der Waals surface area contributed by atoms with Gasteiger partial charge in [0.25, 0.3) is 0 Å². The minimum atomic E-state index is -0.319. The molecule has 5 nitrogen and oxygen atoms in total. The van der Waals surface area contributed by atoms with E-state index >= 15 is 0 Å². The number of hydrogen-bond donors (Lipinski definition) is 1. The van der Waals surface area contributed by atoms with Gasteiger partial charge in [-0.2, -0.15) is 0 Å². The van der Waals surface area contributed by atoms with Crippen LogP contribution in [0.4, 0.5) is 5.69 Å². The van der Waals surface area contributed by atoms with Crippen LogP contribution >= 0.6 is 23.4 Å². The summed E-state index contributed by atoms with van der Waals surface area (Å²) in [4.78, 5) is 27.4. The first-order valence-electron chi connectivity index (χ1n) is 8.67. The fourth-order valence-corrected chi connectivity index (χ4v) is 3.81. The second-order valence-electron chi connectivity index (χ2n) is 6.20. The molecule has 0 radical (unpaired) electrons. The lowest BCUT2D eigenvalue weighted by molar-refractivity contribution is -0.126. The van der Waals surface area contributed by atoms with Gasteiger partial charge in [0, 0.05) is 40.9 Å². The Morgan fingerprint density at radius 1 is 1.22 bits per heavy atom. The van der Waals surface area contributed by atoms with E-state index in [0.717, 1.165) is 22.1 Å². The van der Waals surface area contributed by atoms with Crippen molar-refractivity contribution < 1.29 is 14.3 Å². The van der Waals surface area contributed by atoms with Crippen LogP contribution in [0, 0.1) is 5.92 Å². The molecule has 1 aliphatic heterocycles. The Morgan fingerprint density at radius 3 is 2.59 bits per heavy atom. The van der Waals surface area contributed by atoms with Crippen molar-refractivity contribution in [1.82, 2.24) is 5.32 Å². The van der Waals surface area contributed by atoms with Crippen molar-refractivity contribution in [1.29, 1.82) is 0 Å². The molecule has 2 aromatic carbocycles. The van der Waals surface area contributed by atoms with Crippen molar-refractivity contribution in [3.05, 3.63) is 53.6 Å². The Kier molecular flexibility index (Phi) is 6.63. The average Bonchev–Trinajstić information content (AvgIpc) is 3.08. The minimum absolute atomic E-state index is 0.0316. The van der Waals surface area contributed by atoms with E-state index in [2.05, 4.69) is 5.32 Å². The van der Waals surface area contributed by atoms with Crippen molar-refractivity contribution in [3.63, 3.8) is 0 Å². The third-order valence-corrected chi connectivity index (χ3v) is 5.63. The van der Waals surface area contributed by atoms with Gasteiger partial charge in [0.15, 0.2) is 0 Å². The number of anilines is 1. The van der Waals surface area contributed by atoms with Crippen LogP contribution in [0.5, 0.6) is 5.75 Å². The number of carbonyl (C=O) groups excluding carboxylic acids is 2. The molecule has 0 saturated carbocycles. The molecule has 3 rings (SSSR count). The molecular weight excluding hydrogens is 384 g/mol. The van der Waals surface area contributed by atoms with Crippen molar-refractivity contribution in [2.24, 2.45) is 5.92 Å². The largest absolute Gasteiger partial charge is 0.497 e. The highest BCUT2D eigenvalue weighted by Gasteiger charge is 2.34. The Bertz CT molecular complexity index is 796. The second-order valence-corrected chi connectivity index (χ2v) is 7.80. The zero-order chi connectivity index (χ0) is 19.2. The zero-order valence-electron chi connectivity index (χ0n) is 15.0. The Hall–Kier alpha value is -2.18. The molecule has 0 spiro atoms. The first kappa shape index (κ1) is 19.6. The molecule has 7 heteroatoms. The molecule has 1 atom stereocenters. The van der Waals surface area contributed by atoms with Gasteiger partial charge in [-0.3, -0.25) is 9.59 Å². The quantitative estimate of drug-likeness (QED) is 0.565. The third kappa shape index (κ3) is 5.17. The lowest BCUT2D eigenvalue weighted by atomic mass is 10.1. The van der Waals surface area contributed by atoms with Crippen molar-refractivity contribution in [2.45, 2.75) is 11.3 Å². The van der Waals surface area contributed by atoms with E-state index < -0.39 is 0 Å². The summed E-state index contributed by atoms with van der Waals surface area (Å²) < 4.78 is 5.13. The fourth-order valence-electron chi connectivity index (χ4n) is 2.91. The Morgan fingerprint density at radius 2 is 1.93 bits per heavy atom. The number of ether oxygens (including phenoxy) is 1. The molecule has 1 heterocycles. The van der Waals surface area contributed by atoms with Crippen LogP contribution < -0.4 is 15.0 Å². The van der Waals surface area contributed by atoms with E-state index in [0.29, 0.717) is 18.1 Å². The van der Waals surface area contributed by atoms with Crippen LogP contribution in [-0.4, -0.2) is 37.8 Å². The summed E-state index contributed by atoms with van der Waals surface area (Å²) in [6, 6.07) is 14.9. The maximum absolute atomic E-state index is 12.4. The topological polar surface area (TPSA) is 58.6 Å². The smallest absolute Gasteiger partial charge is 0.227 e. The zero-order valence-corrected chi connectivity index (χ0v) is 16.6. The number of halogens is 1. The van der Waals surface area contributed by atoms with E-state index in [1.165, 1.54) is 0 Å². The minimum Gasteiger partial charge on any atom is -0.497 e. The molecule has 142 valence electrons. The average molecular weight is 405 g/mol. The van der Waals surface area contributed by atoms with E-state index in [4.69, 9.17) is 16.3 Å². The molecule has 2 aromatic rings. The number of benzene rings is 2. The molecule has 0 bridgehead atoms. The third-order valence-electron chi connectivity index (χ3n) is 4.36. The van der Waals surface area contributed by atoms with Gasteiger partial charge in [-0.1, -0.05) is 11.6 Å². The maximum Gasteiger partial charge on any atom is 0.227 e. The number of rotatable bonds is 7. The van der Waals surface area contributed by atoms with E-state index in [1.807, 2.05) is 48.5 Å². The van der Waals surface area contributed by atoms with Gasteiger partial charge in [0.1, 0.15) is 5.75 Å². The highest BCUT2D eigenvalue weighted by Crippen LogP contribution is 2.27. The van der Waals surface area contributed by atoms with E-state index in [9.17, 15) is 9.59 Å². The Labute approximate surface area is 168 Å². The lowest BCUT2D eigenvalue weighted by Gasteiger charge is -2.17. The highest BCUT2D eigenvalue weighted by molar-refractivity contribution is 7.99. The van der Waals surface area contributed by atoms with Gasteiger partial charge in [-0.05, 0) is 48.5 Å². The Balaban J connectivity index is 1.46. The van der Waals surface area contributed by atoms with Crippen molar-refractivity contribution in [3.8, 4) is 5.75 Å². The van der Waals surface area contributed by atoms with Gasteiger partial charge < -0.3 is 15.0 Å². The molecule has 1 saturated heterocycles. The molecule has 1 unspecified atom stereocenters. The summed E-state index contributed by atoms with van der Waals surface area (Å²) in [5, 5.41) is 3.64. The lowest BCUT2D eigenvalue weighted by Crippen LogP contribution is -2.34. The van der Waals surface area contributed by atoms with Crippen molar-refractivity contribution >= 4 is 40.9 Å². The van der Waals surface area contributed by atoms with Gasteiger partial charge >= 0.3 is 0 Å². The molecule has 1 fully saturated rings. The molecular formula is C20H21ClN2O3S. The highest BCUT2D eigenvalue weighted by atomic mass is 35.5. The summed E-state index contributed by atoms with van der Waals surface area (Å²) in [6.07, 6.45) is 0.238. The molecule has 2 amide bonds. The van der Waals surface area contributed by atoms with Gasteiger partial charge in [0.2, 0.25) is 11.8 Å². The number of carbonyl (C=O) groups is 2. The maximum atomic E-state index is 12.4. The fraction of sp³-hybridized carbons (Fsp3) is 0.300. The number of hydrogen-bond acceptors (Lipinski definition) is 4. The van der Waals surface area contributed by atoms with E-state index in [-0.39, 0.29) is 24.2 Å². The van der Waals surface area contributed by atoms with Crippen LogP contribution in [0.25, 0.3) is 0 Å². The first-order valence-corrected chi connectivity index (χ1v) is 10.0. The normalized spacial score (nSPS) is 16.4. The van der Waals surface area contributed by atoms with Crippen LogP contribution in [0.3, 0.4) is 0 Å². The SMILES string of the molecule is COc1ccc(N2CC(C(=O)NCCSc3ccc(Cl)cc3)CC2=O)cc1. The molecule has 1 aliphatic rings. The number of nitrogens with one attached hydrogen (secondary N) is 1. The monoisotopic (exact) mass is 404 g/mol. The van der Waals surface area contributed by atoms with Crippen LogP contribution in [-0.2, 0) is 9.59 Å². The number of amides is 2. The second kappa shape index (κ2) is 9.15. The van der Waals surface area contributed by atoms with E-state index in [1.54, 1.807) is 23.8 Å². The number of thioether (sulfide) groups is 1.